The number of nitrogens with one attached hydrogen (secondary N) is 1. The number of nitrogens with zero attached hydrogens (tertiary/aromatic N) is 1. The third-order valence-corrected chi connectivity index (χ3v) is 7.32. The Hall–Kier alpha value is -1.91. The first-order chi connectivity index (χ1) is 13.0. The van der Waals surface area contributed by atoms with Crippen LogP contribution < -0.4 is 4.72 Å². The molecule has 0 amide bonds. The highest BCUT2D eigenvalue weighted by Gasteiger charge is 2.60. The van der Waals surface area contributed by atoms with Crippen LogP contribution in [0.3, 0.4) is 0 Å². The summed E-state index contributed by atoms with van der Waals surface area (Å²) in [5.41, 5.74) is 3.95. The molecule has 27 heavy (non-hydrogen) atoms. The Morgan fingerprint density at radius 1 is 1.22 bits per heavy atom. The van der Waals surface area contributed by atoms with Crippen LogP contribution in [0.5, 0.6) is 0 Å². The molecule has 3 unspecified atom stereocenters. The smallest absolute Gasteiger partial charge is 0.197 e. The topological polar surface area (TPSA) is 32.3 Å². The van der Waals surface area contributed by atoms with Gasteiger partial charge in [-0.3, -0.25) is 4.90 Å². The number of hydrogen-bond donors (Lipinski definition) is 1. The molecular formula is C23H29N2OS+. The molecule has 1 saturated carbocycles. The molecule has 1 aliphatic heterocycles. The first-order valence-corrected chi connectivity index (χ1v) is 11.1. The summed E-state index contributed by atoms with van der Waals surface area (Å²) < 4.78 is 15.8. The number of thiol groups is 1. The molecule has 4 rings (SSSR count). The van der Waals surface area contributed by atoms with Gasteiger partial charge in [0.1, 0.15) is 0 Å². The van der Waals surface area contributed by atoms with Crippen LogP contribution in [0.2, 0.25) is 0 Å². The van der Waals surface area contributed by atoms with Crippen molar-refractivity contribution in [2.24, 2.45) is 5.92 Å². The zero-order chi connectivity index (χ0) is 19.0. The van der Waals surface area contributed by atoms with Gasteiger partial charge in [-0.2, -0.15) is 0 Å². The highest BCUT2D eigenvalue weighted by Crippen LogP contribution is 2.58. The third-order valence-electron chi connectivity index (χ3n) is 6.09. The molecule has 1 heterocycles. The van der Waals surface area contributed by atoms with Crippen LogP contribution in [-0.4, -0.2) is 24.5 Å². The minimum Gasteiger partial charge on any atom is -0.298 e. The van der Waals surface area contributed by atoms with Gasteiger partial charge in [0.15, 0.2) is 15.9 Å². The lowest BCUT2D eigenvalue weighted by atomic mass is 9.95. The van der Waals surface area contributed by atoms with E-state index in [0.29, 0.717) is 11.3 Å². The van der Waals surface area contributed by atoms with Crippen molar-refractivity contribution < 1.29 is 4.21 Å². The van der Waals surface area contributed by atoms with Gasteiger partial charge < -0.3 is 0 Å². The van der Waals surface area contributed by atoms with Crippen molar-refractivity contribution >= 4 is 16.7 Å². The lowest BCUT2D eigenvalue weighted by molar-refractivity contribution is 0.330. The number of piperidine rings is 1. The zero-order valence-corrected chi connectivity index (χ0v) is 17.1. The minimum atomic E-state index is -1.64. The van der Waals surface area contributed by atoms with Crippen molar-refractivity contribution in [1.82, 2.24) is 4.90 Å². The molecule has 0 aromatic heterocycles. The standard InChI is InChI=1S/C23H28N2OS/c1-4-13-25-15-20-14-23(20,16-25)19-7-9-21(10-8-19)24-27(26)22-11-5-18(6-12-22)17(2)3/h4-12,17,20H,1,13-16H2,2-3H3,(H,24,26)/p+1. The molecule has 1 saturated heterocycles. The number of fused-ring (bicyclic) bond motifs is 1. The van der Waals surface area contributed by atoms with Gasteiger partial charge in [0.25, 0.3) is 0 Å². The summed E-state index contributed by atoms with van der Waals surface area (Å²) in [6.07, 6.45) is 3.29. The fourth-order valence-electron chi connectivity index (χ4n) is 4.41. The van der Waals surface area contributed by atoms with Crippen molar-refractivity contribution in [2.75, 3.05) is 24.4 Å². The fraction of sp³-hybridized carbons (Fsp3) is 0.391. The Kier molecular flexibility index (Phi) is 4.95. The molecule has 2 aromatic rings. The largest absolute Gasteiger partial charge is 0.298 e. The second-order valence-electron chi connectivity index (χ2n) is 8.27. The van der Waals surface area contributed by atoms with E-state index in [2.05, 4.69) is 66.4 Å². The highest BCUT2D eigenvalue weighted by molar-refractivity contribution is 7.86. The molecule has 3 nitrogen and oxygen atoms in total. The van der Waals surface area contributed by atoms with E-state index in [4.69, 9.17) is 0 Å². The van der Waals surface area contributed by atoms with Crippen LogP contribution in [0.25, 0.3) is 0 Å². The lowest BCUT2D eigenvalue weighted by Crippen LogP contribution is -2.26. The van der Waals surface area contributed by atoms with Gasteiger partial charge in [0, 0.05) is 25.0 Å². The predicted molar refractivity (Wildman–Crippen MR) is 115 cm³/mol. The van der Waals surface area contributed by atoms with E-state index < -0.39 is 11.0 Å². The minimum absolute atomic E-state index is 0.344. The maximum absolute atomic E-state index is 12.6. The SMILES string of the molecule is C=CCN1CC2CC2(c2ccc(N[SH+](=O)c3ccc(C(C)C)cc3)cc2)C1. The molecule has 0 spiro atoms. The summed E-state index contributed by atoms with van der Waals surface area (Å²) in [5.74, 6) is 1.27. The molecule has 1 aliphatic carbocycles. The number of rotatable bonds is 7. The van der Waals surface area contributed by atoms with Crippen LogP contribution in [0.1, 0.15) is 37.3 Å². The van der Waals surface area contributed by atoms with Crippen molar-refractivity contribution in [1.29, 1.82) is 0 Å². The molecule has 142 valence electrons. The highest BCUT2D eigenvalue weighted by atomic mass is 32.2. The van der Waals surface area contributed by atoms with Gasteiger partial charge in [0.05, 0.1) is 5.69 Å². The first-order valence-electron chi connectivity index (χ1n) is 9.79. The Labute approximate surface area is 165 Å². The van der Waals surface area contributed by atoms with Gasteiger partial charge in [-0.25, -0.2) is 4.72 Å². The molecule has 0 radical (unpaired) electrons. The van der Waals surface area contributed by atoms with Crippen LogP contribution in [0, 0.1) is 5.92 Å². The Bertz CT molecular complexity index is 844. The zero-order valence-electron chi connectivity index (χ0n) is 16.2. The van der Waals surface area contributed by atoms with Crippen molar-refractivity contribution in [3.63, 3.8) is 0 Å². The van der Waals surface area contributed by atoms with Crippen LogP contribution in [-0.2, 0) is 20.6 Å². The predicted octanol–water partition coefficient (Wildman–Crippen LogP) is 4.65. The van der Waals surface area contributed by atoms with Gasteiger partial charge in [-0.05, 0) is 53.6 Å². The second kappa shape index (κ2) is 7.25. The number of benzene rings is 2. The molecule has 2 fully saturated rings. The Balaban J connectivity index is 1.41. The van der Waals surface area contributed by atoms with Crippen LogP contribution >= 0.6 is 0 Å². The summed E-state index contributed by atoms with van der Waals surface area (Å²) in [7, 11) is -1.64. The average Bonchev–Trinajstić information content (AvgIpc) is 3.24. The van der Waals surface area contributed by atoms with E-state index in [0.717, 1.165) is 29.6 Å². The summed E-state index contributed by atoms with van der Waals surface area (Å²) in [6.45, 7) is 11.5. The normalized spacial score (nSPS) is 25.2. The summed E-state index contributed by atoms with van der Waals surface area (Å²) in [4.78, 5) is 3.33. The lowest BCUT2D eigenvalue weighted by Gasteiger charge is -2.19. The number of hydrogen-bond acceptors (Lipinski definition) is 2. The molecular weight excluding hydrogens is 352 g/mol. The maximum Gasteiger partial charge on any atom is 0.197 e. The molecule has 2 aliphatic rings. The van der Waals surface area contributed by atoms with Gasteiger partial charge >= 0.3 is 0 Å². The summed E-state index contributed by atoms with van der Waals surface area (Å²) in [6, 6.07) is 16.6. The monoisotopic (exact) mass is 381 g/mol. The summed E-state index contributed by atoms with van der Waals surface area (Å²) in [5, 5.41) is 0. The molecule has 2 aromatic carbocycles. The third kappa shape index (κ3) is 3.61. The molecule has 1 N–H and O–H groups in total. The Morgan fingerprint density at radius 3 is 2.56 bits per heavy atom. The average molecular weight is 382 g/mol. The number of likely N-dealkylation sites (tertiary alicyclic amines) is 1. The fourth-order valence-corrected chi connectivity index (χ4v) is 5.34. The van der Waals surface area contributed by atoms with Crippen molar-refractivity contribution in [2.45, 2.75) is 36.5 Å². The second-order valence-corrected chi connectivity index (χ2v) is 9.60. The van der Waals surface area contributed by atoms with Gasteiger partial charge in [-0.15, -0.1) is 6.58 Å². The van der Waals surface area contributed by atoms with E-state index in [1.165, 1.54) is 24.1 Å². The molecule has 3 atom stereocenters. The summed E-state index contributed by atoms with van der Waals surface area (Å²) >= 11 is 0. The van der Waals surface area contributed by atoms with E-state index >= 15 is 0 Å². The maximum atomic E-state index is 12.6. The van der Waals surface area contributed by atoms with Crippen molar-refractivity contribution in [3.05, 3.63) is 72.3 Å². The van der Waals surface area contributed by atoms with E-state index in [9.17, 15) is 4.21 Å². The Morgan fingerprint density at radius 2 is 1.93 bits per heavy atom. The van der Waals surface area contributed by atoms with Crippen molar-refractivity contribution in [3.8, 4) is 0 Å². The number of anilines is 1. The van der Waals surface area contributed by atoms with E-state index in [-0.39, 0.29) is 0 Å². The van der Waals surface area contributed by atoms with Crippen LogP contribution in [0.15, 0.2) is 66.1 Å². The van der Waals surface area contributed by atoms with Gasteiger partial charge in [-0.1, -0.05) is 48.4 Å². The quantitative estimate of drug-likeness (QED) is 0.430. The van der Waals surface area contributed by atoms with E-state index in [1.54, 1.807) is 0 Å². The van der Waals surface area contributed by atoms with E-state index in [1.807, 2.05) is 18.2 Å². The first kappa shape index (κ1) is 18.5. The molecule has 0 bridgehead atoms. The van der Waals surface area contributed by atoms with Crippen LogP contribution in [0.4, 0.5) is 5.69 Å². The molecule has 4 heteroatoms. The van der Waals surface area contributed by atoms with Gasteiger partial charge in [0.2, 0.25) is 0 Å².